The fourth-order valence-electron chi connectivity index (χ4n) is 3.41. The Balaban J connectivity index is 1.99. The molecule has 126 valence electrons. The maximum Gasteiger partial charge on any atom is 0.226 e. The molecule has 1 fully saturated rings. The van der Waals surface area contributed by atoms with Crippen molar-refractivity contribution >= 4 is 12.3 Å². The van der Waals surface area contributed by atoms with Crippen LogP contribution in [-0.2, 0) is 9.59 Å². The van der Waals surface area contributed by atoms with Gasteiger partial charge in [0.15, 0.2) is 0 Å². The summed E-state index contributed by atoms with van der Waals surface area (Å²) in [5.41, 5.74) is 1.12. The highest BCUT2D eigenvalue weighted by atomic mass is 16.2. The van der Waals surface area contributed by atoms with E-state index in [9.17, 15) is 9.59 Å². The van der Waals surface area contributed by atoms with E-state index >= 15 is 0 Å². The molecule has 1 aromatic carbocycles. The molecule has 1 aromatic rings. The molecule has 2 rings (SSSR count). The summed E-state index contributed by atoms with van der Waals surface area (Å²) in [5.74, 6) is 0.293. The molecule has 3 atom stereocenters. The number of carbonyl (C=O) groups is 2. The molecule has 1 N–H and O–H groups in total. The number of likely N-dealkylation sites (tertiary alicyclic amines) is 1. The number of nitrogens with one attached hydrogen (secondary N) is 1. The number of piperidine rings is 1. The lowest BCUT2D eigenvalue weighted by Crippen LogP contribution is -2.46. The van der Waals surface area contributed by atoms with E-state index < -0.39 is 0 Å². The molecular weight excluding hydrogens is 290 g/mol. The van der Waals surface area contributed by atoms with E-state index in [2.05, 4.69) is 17.3 Å². The van der Waals surface area contributed by atoms with E-state index in [0.29, 0.717) is 6.04 Å². The summed E-state index contributed by atoms with van der Waals surface area (Å²) in [6.07, 6.45) is 3.53. The summed E-state index contributed by atoms with van der Waals surface area (Å²) < 4.78 is 0. The summed E-state index contributed by atoms with van der Waals surface area (Å²) in [6, 6.07) is 10.4. The van der Waals surface area contributed by atoms with Crippen molar-refractivity contribution in [2.24, 2.45) is 5.92 Å². The van der Waals surface area contributed by atoms with Gasteiger partial charge in [-0.2, -0.15) is 0 Å². The van der Waals surface area contributed by atoms with Crippen LogP contribution >= 0.6 is 0 Å². The van der Waals surface area contributed by atoms with Crippen molar-refractivity contribution in [3.05, 3.63) is 35.9 Å². The second-order valence-corrected chi connectivity index (χ2v) is 6.58. The second kappa shape index (κ2) is 8.11. The first-order valence-corrected chi connectivity index (χ1v) is 8.19. The minimum absolute atomic E-state index is 0.0160. The lowest BCUT2D eigenvalue weighted by molar-refractivity contribution is -0.135. The number of carbonyl (C=O) groups excluding carboxylic acids is 2. The zero-order valence-corrected chi connectivity index (χ0v) is 14.2. The van der Waals surface area contributed by atoms with Crippen molar-refractivity contribution in [1.82, 2.24) is 15.1 Å². The average Bonchev–Trinajstić information content (AvgIpc) is 2.56. The van der Waals surface area contributed by atoms with E-state index in [-0.39, 0.29) is 17.9 Å². The van der Waals surface area contributed by atoms with Gasteiger partial charge in [0, 0.05) is 26.7 Å². The molecule has 3 unspecified atom stereocenters. The lowest BCUT2D eigenvalue weighted by Gasteiger charge is -2.39. The molecule has 5 nitrogen and oxygen atoms in total. The number of amides is 2. The Labute approximate surface area is 138 Å². The molecule has 2 amide bonds. The van der Waals surface area contributed by atoms with Crippen LogP contribution in [0.4, 0.5) is 0 Å². The van der Waals surface area contributed by atoms with E-state index in [1.165, 1.54) is 0 Å². The van der Waals surface area contributed by atoms with E-state index in [4.69, 9.17) is 0 Å². The minimum Gasteiger partial charge on any atom is -0.352 e. The smallest absolute Gasteiger partial charge is 0.226 e. The number of nitrogens with zero attached hydrogens (tertiary/aromatic N) is 2. The Hall–Kier alpha value is -1.88. The first-order valence-electron chi connectivity index (χ1n) is 8.19. The van der Waals surface area contributed by atoms with Crippen LogP contribution in [0, 0.1) is 5.92 Å². The largest absolute Gasteiger partial charge is 0.352 e. The van der Waals surface area contributed by atoms with Gasteiger partial charge in [-0.1, -0.05) is 30.3 Å². The third-order valence-electron chi connectivity index (χ3n) is 4.75. The Morgan fingerprint density at radius 3 is 2.61 bits per heavy atom. The van der Waals surface area contributed by atoms with Crippen molar-refractivity contribution in [3.63, 3.8) is 0 Å². The fourth-order valence-corrected chi connectivity index (χ4v) is 3.41. The molecule has 1 heterocycles. The van der Waals surface area contributed by atoms with E-state index in [0.717, 1.165) is 37.8 Å². The number of hydrogen-bond donors (Lipinski definition) is 1. The second-order valence-electron chi connectivity index (χ2n) is 6.58. The molecule has 0 spiro atoms. The van der Waals surface area contributed by atoms with Crippen LogP contribution in [0.3, 0.4) is 0 Å². The fraction of sp³-hybridized carbons (Fsp3) is 0.556. The van der Waals surface area contributed by atoms with Crippen molar-refractivity contribution in [2.45, 2.75) is 31.3 Å². The predicted molar refractivity (Wildman–Crippen MR) is 90.8 cm³/mol. The van der Waals surface area contributed by atoms with Gasteiger partial charge in [-0.15, -0.1) is 0 Å². The quantitative estimate of drug-likeness (QED) is 0.812. The van der Waals surface area contributed by atoms with E-state index in [1.807, 2.05) is 44.4 Å². The monoisotopic (exact) mass is 317 g/mol. The van der Waals surface area contributed by atoms with Gasteiger partial charge in [-0.25, -0.2) is 0 Å². The third-order valence-corrected chi connectivity index (χ3v) is 4.75. The highest BCUT2D eigenvalue weighted by Gasteiger charge is 2.32. The van der Waals surface area contributed by atoms with Gasteiger partial charge in [0.2, 0.25) is 12.3 Å². The lowest BCUT2D eigenvalue weighted by atomic mass is 9.87. The first-order chi connectivity index (χ1) is 11.0. The maximum atomic E-state index is 12.1. The molecule has 1 saturated heterocycles. The van der Waals surface area contributed by atoms with Crippen molar-refractivity contribution in [3.8, 4) is 0 Å². The molecule has 23 heavy (non-hydrogen) atoms. The Kier molecular flexibility index (Phi) is 6.16. The van der Waals surface area contributed by atoms with Crippen LogP contribution in [0.15, 0.2) is 30.3 Å². The normalized spacial score (nSPS) is 23.1. The molecule has 5 heteroatoms. The Morgan fingerprint density at radius 2 is 2.04 bits per heavy atom. The molecule has 0 bridgehead atoms. The van der Waals surface area contributed by atoms with Crippen LogP contribution in [0.5, 0.6) is 0 Å². The van der Waals surface area contributed by atoms with Crippen molar-refractivity contribution in [1.29, 1.82) is 0 Å². The Morgan fingerprint density at radius 1 is 1.35 bits per heavy atom. The van der Waals surface area contributed by atoms with Gasteiger partial charge < -0.3 is 15.1 Å². The summed E-state index contributed by atoms with van der Waals surface area (Å²) in [4.78, 5) is 27.0. The molecule has 0 aliphatic carbocycles. The molecule has 1 aliphatic heterocycles. The number of benzene rings is 1. The van der Waals surface area contributed by atoms with Gasteiger partial charge in [0.1, 0.15) is 0 Å². The van der Waals surface area contributed by atoms with E-state index in [1.54, 1.807) is 4.90 Å². The van der Waals surface area contributed by atoms with Crippen LogP contribution in [0.25, 0.3) is 0 Å². The minimum atomic E-state index is 0.0160. The standard InChI is InChI=1S/C18H27N3O2/c1-20(2)18(23)15-9-10-16(21(3)12-15)11-17(19-13-22)14-7-5-4-6-8-14/h4-8,13,15-17H,9-12H2,1-3H3,(H,19,22). The van der Waals surface area contributed by atoms with Gasteiger partial charge in [0.25, 0.3) is 0 Å². The zero-order valence-electron chi connectivity index (χ0n) is 14.2. The highest BCUT2D eigenvalue weighted by Crippen LogP contribution is 2.28. The molecule has 0 aromatic heterocycles. The van der Waals surface area contributed by atoms with Gasteiger partial charge in [-0.3, -0.25) is 9.59 Å². The highest BCUT2D eigenvalue weighted by molar-refractivity contribution is 5.78. The topological polar surface area (TPSA) is 52.7 Å². The summed E-state index contributed by atoms with van der Waals surface area (Å²) in [6.45, 7) is 0.782. The van der Waals surface area contributed by atoms with Crippen molar-refractivity contribution in [2.75, 3.05) is 27.7 Å². The molecule has 1 aliphatic rings. The molecule has 0 saturated carbocycles. The van der Waals surface area contributed by atoms with Crippen LogP contribution < -0.4 is 5.32 Å². The number of hydrogen-bond acceptors (Lipinski definition) is 3. The van der Waals surface area contributed by atoms with Gasteiger partial charge >= 0.3 is 0 Å². The van der Waals surface area contributed by atoms with Gasteiger partial charge in [-0.05, 0) is 31.9 Å². The number of rotatable bonds is 6. The molecular formula is C18H27N3O2. The third kappa shape index (κ3) is 4.55. The maximum absolute atomic E-state index is 12.1. The van der Waals surface area contributed by atoms with Crippen LogP contribution in [0.2, 0.25) is 0 Å². The van der Waals surface area contributed by atoms with Gasteiger partial charge in [0.05, 0.1) is 12.0 Å². The SMILES string of the molecule is CN(C)C(=O)C1CCC(CC(NC=O)c2ccccc2)N(C)C1. The summed E-state index contributed by atoms with van der Waals surface area (Å²) in [5, 5.41) is 2.94. The average molecular weight is 317 g/mol. The predicted octanol–water partition coefficient (Wildman–Crippen LogP) is 1.66. The first kappa shape index (κ1) is 17.5. The Bertz CT molecular complexity index is 518. The summed E-state index contributed by atoms with van der Waals surface area (Å²) in [7, 11) is 5.70. The zero-order chi connectivity index (χ0) is 16.8. The summed E-state index contributed by atoms with van der Waals surface area (Å²) >= 11 is 0. The molecule has 0 radical (unpaired) electrons. The van der Waals surface area contributed by atoms with Crippen molar-refractivity contribution < 1.29 is 9.59 Å². The van der Waals surface area contributed by atoms with Crippen LogP contribution in [-0.4, -0.2) is 55.8 Å². The van der Waals surface area contributed by atoms with Crippen LogP contribution in [0.1, 0.15) is 30.9 Å².